The van der Waals surface area contributed by atoms with Crippen LogP contribution in [0.4, 0.5) is 8.78 Å². The summed E-state index contributed by atoms with van der Waals surface area (Å²) in [5.74, 6) is 0.434. The van der Waals surface area contributed by atoms with Gasteiger partial charge in [-0.1, -0.05) is 45.4 Å². The molecule has 0 heterocycles. The SMILES string of the molecule is CCCCCCCCCN(CCCl)CC(F)F. The molecule has 0 saturated heterocycles. The van der Waals surface area contributed by atoms with Crippen LogP contribution in [0.25, 0.3) is 0 Å². The number of alkyl halides is 3. The first-order valence-electron chi connectivity index (χ1n) is 6.77. The topological polar surface area (TPSA) is 3.24 Å². The Morgan fingerprint density at radius 2 is 1.53 bits per heavy atom. The molecule has 0 unspecified atom stereocenters. The Balaban J connectivity index is 3.40. The van der Waals surface area contributed by atoms with E-state index in [9.17, 15) is 8.78 Å². The van der Waals surface area contributed by atoms with E-state index in [-0.39, 0.29) is 6.54 Å². The summed E-state index contributed by atoms with van der Waals surface area (Å²) < 4.78 is 24.5. The quantitative estimate of drug-likeness (QED) is 0.371. The third kappa shape index (κ3) is 12.4. The van der Waals surface area contributed by atoms with Crippen LogP contribution in [-0.2, 0) is 0 Å². The molecule has 0 aliphatic heterocycles. The second-order valence-corrected chi connectivity index (χ2v) is 4.88. The summed E-state index contributed by atoms with van der Waals surface area (Å²) in [6.45, 7) is 3.39. The van der Waals surface area contributed by atoms with E-state index in [0.717, 1.165) is 19.4 Å². The Morgan fingerprint density at radius 3 is 2.06 bits per heavy atom. The van der Waals surface area contributed by atoms with Crippen molar-refractivity contribution < 1.29 is 8.78 Å². The van der Waals surface area contributed by atoms with E-state index in [1.165, 1.54) is 32.1 Å². The Labute approximate surface area is 110 Å². The van der Waals surface area contributed by atoms with Crippen LogP contribution in [0.15, 0.2) is 0 Å². The van der Waals surface area contributed by atoms with Gasteiger partial charge in [-0.05, 0) is 13.0 Å². The van der Waals surface area contributed by atoms with Crippen LogP contribution in [0.3, 0.4) is 0 Å². The van der Waals surface area contributed by atoms with Gasteiger partial charge in [-0.3, -0.25) is 4.90 Å². The lowest BCUT2D eigenvalue weighted by Gasteiger charge is -2.20. The molecule has 0 atom stereocenters. The van der Waals surface area contributed by atoms with E-state index in [1.54, 1.807) is 4.90 Å². The van der Waals surface area contributed by atoms with E-state index >= 15 is 0 Å². The molecule has 0 aromatic heterocycles. The van der Waals surface area contributed by atoms with Crippen LogP contribution in [0.5, 0.6) is 0 Å². The van der Waals surface area contributed by atoms with Crippen molar-refractivity contribution in [2.45, 2.75) is 58.3 Å². The second kappa shape index (κ2) is 12.6. The number of halogens is 3. The zero-order valence-electron chi connectivity index (χ0n) is 10.9. The molecule has 0 spiro atoms. The average molecular weight is 270 g/mol. The normalized spacial score (nSPS) is 11.6. The van der Waals surface area contributed by atoms with E-state index in [0.29, 0.717) is 12.4 Å². The predicted octanol–water partition coefficient (Wildman–Crippen LogP) is 4.54. The minimum Gasteiger partial charge on any atom is -0.297 e. The van der Waals surface area contributed by atoms with Gasteiger partial charge in [0.05, 0.1) is 6.54 Å². The van der Waals surface area contributed by atoms with Crippen molar-refractivity contribution in [3.05, 3.63) is 0 Å². The third-order valence-electron chi connectivity index (χ3n) is 2.87. The van der Waals surface area contributed by atoms with Gasteiger partial charge >= 0.3 is 0 Å². The van der Waals surface area contributed by atoms with E-state index < -0.39 is 6.43 Å². The van der Waals surface area contributed by atoms with Crippen LogP contribution < -0.4 is 0 Å². The zero-order valence-corrected chi connectivity index (χ0v) is 11.7. The first-order valence-corrected chi connectivity index (χ1v) is 7.30. The van der Waals surface area contributed by atoms with E-state index in [4.69, 9.17) is 11.6 Å². The monoisotopic (exact) mass is 269 g/mol. The minimum absolute atomic E-state index is 0.136. The Hall–Kier alpha value is 0.110. The maximum Gasteiger partial charge on any atom is 0.251 e. The summed E-state index contributed by atoms with van der Waals surface area (Å²) >= 11 is 5.59. The number of nitrogens with zero attached hydrogens (tertiary/aromatic N) is 1. The van der Waals surface area contributed by atoms with Gasteiger partial charge in [-0.15, -0.1) is 11.6 Å². The molecule has 0 radical (unpaired) electrons. The number of hydrogen-bond donors (Lipinski definition) is 0. The number of hydrogen-bond acceptors (Lipinski definition) is 1. The first-order chi connectivity index (χ1) is 8.20. The maximum absolute atomic E-state index is 12.2. The molecule has 0 fully saturated rings. The summed E-state index contributed by atoms with van der Waals surface area (Å²) in [6, 6.07) is 0. The minimum atomic E-state index is -2.25. The first kappa shape index (κ1) is 17.1. The fraction of sp³-hybridized carbons (Fsp3) is 1.00. The molecule has 0 aliphatic rings. The smallest absolute Gasteiger partial charge is 0.251 e. The zero-order chi connectivity index (χ0) is 12.9. The largest absolute Gasteiger partial charge is 0.297 e. The molecule has 0 aromatic rings. The van der Waals surface area contributed by atoms with Crippen molar-refractivity contribution in [2.75, 3.05) is 25.5 Å². The molecule has 0 aromatic carbocycles. The van der Waals surface area contributed by atoms with Crippen molar-refractivity contribution in [1.29, 1.82) is 0 Å². The number of unbranched alkanes of at least 4 members (excludes halogenated alkanes) is 6. The van der Waals surface area contributed by atoms with Crippen LogP contribution in [0.1, 0.15) is 51.9 Å². The van der Waals surface area contributed by atoms with Gasteiger partial charge in [0.15, 0.2) is 0 Å². The highest BCUT2D eigenvalue weighted by atomic mass is 35.5. The lowest BCUT2D eigenvalue weighted by molar-refractivity contribution is 0.0902. The lowest BCUT2D eigenvalue weighted by Crippen LogP contribution is -2.31. The molecule has 0 saturated carbocycles. The third-order valence-corrected chi connectivity index (χ3v) is 3.04. The van der Waals surface area contributed by atoms with Gasteiger partial charge < -0.3 is 0 Å². The van der Waals surface area contributed by atoms with Gasteiger partial charge in [0.2, 0.25) is 0 Å². The fourth-order valence-corrected chi connectivity index (χ4v) is 2.14. The summed E-state index contributed by atoms with van der Waals surface area (Å²) in [5.41, 5.74) is 0. The summed E-state index contributed by atoms with van der Waals surface area (Å²) in [7, 11) is 0. The molecule has 104 valence electrons. The van der Waals surface area contributed by atoms with Crippen LogP contribution in [-0.4, -0.2) is 36.8 Å². The van der Waals surface area contributed by atoms with Gasteiger partial charge in [0, 0.05) is 12.4 Å². The van der Waals surface area contributed by atoms with Crippen molar-refractivity contribution in [3.8, 4) is 0 Å². The van der Waals surface area contributed by atoms with Gasteiger partial charge in [-0.2, -0.15) is 0 Å². The molecule has 0 aliphatic carbocycles. The molecular formula is C13H26ClF2N. The standard InChI is InChI=1S/C13H26ClF2N/c1-2-3-4-5-6-7-8-10-17(11-9-14)12-13(15)16/h13H,2-12H2,1H3. The molecule has 4 heteroatoms. The molecule has 0 amide bonds. The molecule has 0 rings (SSSR count). The Bertz CT molecular complexity index is 156. The molecular weight excluding hydrogens is 244 g/mol. The average Bonchev–Trinajstić information content (AvgIpc) is 2.27. The van der Waals surface area contributed by atoms with Crippen LogP contribution >= 0.6 is 11.6 Å². The van der Waals surface area contributed by atoms with Crippen LogP contribution in [0, 0.1) is 0 Å². The van der Waals surface area contributed by atoms with Gasteiger partial charge in [-0.25, -0.2) is 8.78 Å². The predicted molar refractivity (Wildman–Crippen MR) is 71.2 cm³/mol. The summed E-state index contributed by atoms with van der Waals surface area (Å²) in [6.07, 6.45) is 6.28. The van der Waals surface area contributed by atoms with Crippen LogP contribution in [0.2, 0.25) is 0 Å². The van der Waals surface area contributed by atoms with Gasteiger partial charge in [0.1, 0.15) is 0 Å². The molecule has 1 nitrogen and oxygen atoms in total. The van der Waals surface area contributed by atoms with Gasteiger partial charge in [0.25, 0.3) is 6.43 Å². The van der Waals surface area contributed by atoms with E-state index in [1.807, 2.05) is 0 Å². The van der Waals surface area contributed by atoms with Crippen molar-refractivity contribution >= 4 is 11.6 Å². The highest BCUT2D eigenvalue weighted by Gasteiger charge is 2.10. The molecule has 17 heavy (non-hydrogen) atoms. The Morgan fingerprint density at radius 1 is 0.941 bits per heavy atom. The highest BCUT2D eigenvalue weighted by molar-refractivity contribution is 6.18. The Kier molecular flexibility index (Phi) is 12.6. The maximum atomic E-state index is 12.2. The molecule has 0 bridgehead atoms. The second-order valence-electron chi connectivity index (χ2n) is 4.50. The lowest BCUT2D eigenvalue weighted by atomic mass is 10.1. The van der Waals surface area contributed by atoms with Crippen molar-refractivity contribution in [1.82, 2.24) is 4.90 Å². The fourth-order valence-electron chi connectivity index (χ4n) is 1.90. The number of rotatable bonds is 12. The summed E-state index contributed by atoms with van der Waals surface area (Å²) in [5, 5.41) is 0. The molecule has 0 N–H and O–H groups in total. The summed E-state index contributed by atoms with van der Waals surface area (Å²) in [4.78, 5) is 1.77. The van der Waals surface area contributed by atoms with Crippen molar-refractivity contribution in [2.24, 2.45) is 0 Å². The van der Waals surface area contributed by atoms with E-state index in [2.05, 4.69) is 6.92 Å². The van der Waals surface area contributed by atoms with Crippen molar-refractivity contribution in [3.63, 3.8) is 0 Å². The highest BCUT2D eigenvalue weighted by Crippen LogP contribution is 2.08.